The zero-order valence-corrected chi connectivity index (χ0v) is 19.9. The summed E-state index contributed by atoms with van der Waals surface area (Å²) in [5, 5.41) is 23.9. The Morgan fingerprint density at radius 1 is 1.12 bits per heavy atom. The van der Waals surface area contributed by atoms with Crippen LogP contribution in [0, 0.1) is 13.8 Å². The molecule has 1 atom stereocenters. The SMILES string of the molecule is Cc1cccc(NC(=S)N=Nc2c(O)n(C[NH+](C)C3CCCCC3)c3ccccc23)c1C. The zero-order valence-electron chi connectivity index (χ0n) is 19.1. The van der Waals surface area contributed by atoms with E-state index < -0.39 is 0 Å². The molecule has 4 rings (SSSR count). The van der Waals surface area contributed by atoms with E-state index >= 15 is 0 Å². The third-order valence-electron chi connectivity index (χ3n) is 6.71. The number of hydrogen-bond donors (Lipinski definition) is 3. The fourth-order valence-corrected chi connectivity index (χ4v) is 4.78. The number of rotatable bonds is 5. The van der Waals surface area contributed by atoms with Gasteiger partial charge in [0.15, 0.2) is 12.4 Å². The van der Waals surface area contributed by atoms with Crippen molar-refractivity contribution in [3.63, 3.8) is 0 Å². The van der Waals surface area contributed by atoms with Crippen molar-refractivity contribution in [3.05, 3.63) is 53.6 Å². The Morgan fingerprint density at radius 2 is 1.88 bits per heavy atom. The van der Waals surface area contributed by atoms with Gasteiger partial charge in [-0.05, 0) is 75.0 Å². The molecule has 0 spiro atoms. The first-order valence-corrected chi connectivity index (χ1v) is 11.8. The summed E-state index contributed by atoms with van der Waals surface area (Å²) in [6.07, 6.45) is 6.42. The van der Waals surface area contributed by atoms with Gasteiger partial charge in [0, 0.05) is 11.1 Å². The number of aryl methyl sites for hydroxylation is 1. The standard InChI is InChI=1S/C25H31N5OS/c1-17-10-9-14-21(18(17)2)26-25(32)28-27-23-20-13-7-8-15-22(20)30(24(23)31)16-29(3)19-11-5-4-6-12-19/h7-10,13-15,19,31H,4-6,11-12,16H2,1-3H3,(H,26,32)/p+1. The van der Waals surface area contributed by atoms with Gasteiger partial charge in [0.1, 0.15) is 0 Å². The van der Waals surface area contributed by atoms with Gasteiger partial charge in [0.05, 0.1) is 18.6 Å². The number of nitrogens with one attached hydrogen (secondary N) is 2. The third-order valence-corrected chi connectivity index (χ3v) is 6.90. The van der Waals surface area contributed by atoms with Crippen LogP contribution < -0.4 is 10.2 Å². The monoisotopic (exact) mass is 450 g/mol. The first-order valence-electron chi connectivity index (χ1n) is 11.4. The van der Waals surface area contributed by atoms with Crippen molar-refractivity contribution in [2.24, 2.45) is 10.2 Å². The highest BCUT2D eigenvalue weighted by Gasteiger charge is 2.24. The summed E-state index contributed by atoms with van der Waals surface area (Å²) in [6, 6.07) is 14.6. The second-order valence-electron chi connectivity index (χ2n) is 8.83. The van der Waals surface area contributed by atoms with E-state index in [1.54, 1.807) is 0 Å². The van der Waals surface area contributed by atoms with Crippen LogP contribution in [0.1, 0.15) is 43.2 Å². The third kappa shape index (κ3) is 4.69. The van der Waals surface area contributed by atoms with Crippen LogP contribution in [0.4, 0.5) is 11.4 Å². The zero-order chi connectivity index (χ0) is 22.7. The van der Waals surface area contributed by atoms with Gasteiger partial charge in [-0.2, -0.15) is 0 Å². The van der Waals surface area contributed by atoms with Gasteiger partial charge < -0.3 is 15.3 Å². The van der Waals surface area contributed by atoms with E-state index in [1.165, 1.54) is 42.6 Å². The van der Waals surface area contributed by atoms with Crippen LogP contribution in [-0.2, 0) is 6.67 Å². The summed E-state index contributed by atoms with van der Waals surface area (Å²) in [5.74, 6) is 0.139. The number of benzene rings is 2. The molecule has 0 radical (unpaired) electrons. The second kappa shape index (κ2) is 9.79. The van der Waals surface area contributed by atoms with Gasteiger partial charge in [-0.15, -0.1) is 10.2 Å². The molecule has 0 saturated heterocycles. The lowest BCUT2D eigenvalue weighted by atomic mass is 9.95. The molecular weight excluding hydrogens is 418 g/mol. The van der Waals surface area contributed by atoms with E-state index in [0.29, 0.717) is 18.4 Å². The molecule has 6 nitrogen and oxygen atoms in total. The fraction of sp³-hybridized carbons (Fsp3) is 0.400. The highest BCUT2D eigenvalue weighted by atomic mass is 32.1. The number of aromatic hydroxyl groups is 1. The van der Waals surface area contributed by atoms with Gasteiger partial charge in [-0.1, -0.05) is 36.8 Å². The van der Waals surface area contributed by atoms with E-state index in [1.807, 2.05) is 47.9 Å². The molecular formula is C25H32N5OS+. The maximum absolute atomic E-state index is 11.1. The molecule has 1 fully saturated rings. The van der Waals surface area contributed by atoms with Crippen LogP contribution in [0.2, 0.25) is 0 Å². The van der Waals surface area contributed by atoms with E-state index in [-0.39, 0.29) is 11.0 Å². The average molecular weight is 451 g/mol. The van der Waals surface area contributed by atoms with E-state index in [4.69, 9.17) is 12.2 Å². The molecule has 0 bridgehead atoms. The maximum Gasteiger partial charge on any atom is 0.225 e. The first-order chi connectivity index (χ1) is 15.5. The van der Waals surface area contributed by atoms with E-state index in [9.17, 15) is 5.11 Å². The van der Waals surface area contributed by atoms with Gasteiger partial charge in [0.2, 0.25) is 11.0 Å². The summed E-state index contributed by atoms with van der Waals surface area (Å²) in [4.78, 5) is 1.41. The van der Waals surface area contributed by atoms with Crippen LogP contribution in [0.3, 0.4) is 0 Å². The van der Waals surface area contributed by atoms with Crippen molar-refractivity contribution >= 4 is 39.6 Å². The largest absolute Gasteiger partial charge is 0.493 e. The van der Waals surface area contributed by atoms with Gasteiger partial charge >= 0.3 is 0 Å². The number of para-hydroxylation sites is 1. The molecule has 32 heavy (non-hydrogen) atoms. The molecule has 2 aromatic carbocycles. The van der Waals surface area contributed by atoms with Gasteiger partial charge in [0.25, 0.3) is 0 Å². The van der Waals surface area contributed by atoms with Crippen molar-refractivity contribution in [1.82, 2.24) is 4.57 Å². The Labute approximate surface area is 195 Å². The lowest BCUT2D eigenvalue weighted by Crippen LogP contribution is -3.12. The Balaban J connectivity index is 1.58. The average Bonchev–Trinajstić information content (AvgIpc) is 3.07. The molecule has 7 heteroatoms. The minimum atomic E-state index is 0.139. The highest BCUT2D eigenvalue weighted by Crippen LogP contribution is 2.38. The molecule has 168 valence electrons. The Bertz CT molecular complexity index is 1150. The number of thiocarbonyl (C=S) groups is 1. The molecule has 1 heterocycles. The van der Waals surface area contributed by atoms with Crippen molar-refractivity contribution in [1.29, 1.82) is 0 Å². The summed E-state index contributed by atoms with van der Waals surface area (Å²) in [7, 11) is 2.22. The number of fused-ring (bicyclic) bond motifs is 1. The molecule has 1 aliphatic carbocycles. The molecule has 3 N–H and O–H groups in total. The minimum Gasteiger partial charge on any atom is -0.493 e. The normalized spacial score (nSPS) is 16.0. The quantitative estimate of drug-likeness (QED) is 0.367. The Morgan fingerprint density at radius 3 is 2.66 bits per heavy atom. The summed E-state index contributed by atoms with van der Waals surface area (Å²) >= 11 is 5.40. The Hall–Kier alpha value is -2.77. The lowest BCUT2D eigenvalue weighted by Gasteiger charge is -2.28. The van der Waals surface area contributed by atoms with Crippen molar-refractivity contribution < 1.29 is 10.0 Å². The molecule has 0 amide bonds. The minimum absolute atomic E-state index is 0.139. The van der Waals surface area contributed by atoms with Crippen LogP contribution in [0.25, 0.3) is 10.9 Å². The number of anilines is 1. The predicted molar refractivity (Wildman–Crippen MR) is 134 cm³/mol. The molecule has 1 saturated carbocycles. The van der Waals surface area contributed by atoms with Crippen LogP contribution in [0.5, 0.6) is 5.88 Å². The van der Waals surface area contributed by atoms with Crippen LogP contribution in [-0.4, -0.2) is 27.9 Å². The van der Waals surface area contributed by atoms with Crippen molar-refractivity contribution in [2.75, 3.05) is 12.4 Å². The second-order valence-corrected chi connectivity index (χ2v) is 9.22. The molecule has 1 unspecified atom stereocenters. The number of azo groups is 1. The maximum atomic E-state index is 11.1. The van der Waals surface area contributed by atoms with Crippen LogP contribution in [0.15, 0.2) is 52.7 Å². The molecule has 1 aromatic heterocycles. The molecule has 0 aliphatic heterocycles. The van der Waals surface area contributed by atoms with Gasteiger partial charge in [-0.25, -0.2) is 0 Å². The topological polar surface area (TPSA) is 66.4 Å². The van der Waals surface area contributed by atoms with E-state index in [2.05, 4.69) is 35.6 Å². The predicted octanol–water partition coefficient (Wildman–Crippen LogP) is 5.25. The lowest BCUT2D eigenvalue weighted by molar-refractivity contribution is -0.929. The number of quaternary nitrogens is 1. The number of nitrogens with zero attached hydrogens (tertiary/aromatic N) is 3. The van der Waals surface area contributed by atoms with E-state index in [0.717, 1.165) is 22.2 Å². The van der Waals surface area contributed by atoms with Crippen molar-refractivity contribution in [2.45, 2.75) is 58.7 Å². The first kappa shape index (κ1) is 22.4. The van der Waals surface area contributed by atoms with Gasteiger partial charge in [-0.3, -0.25) is 4.57 Å². The number of hydrogen-bond acceptors (Lipinski definition) is 3. The molecule has 3 aromatic rings. The molecule has 1 aliphatic rings. The smallest absolute Gasteiger partial charge is 0.225 e. The summed E-state index contributed by atoms with van der Waals surface area (Å²) in [6.45, 7) is 4.80. The summed E-state index contributed by atoms with van der Waals surface area (Å²) < 4.78 is 1.95. The van der Waals surface area contributed by atoms with Crippen molar-refractivity contribution in [3.8, 4) is 5.88 Å². The Kier molecular flexibility index (Phi) is 6.86. The fourth-order valence-electron chi connectivity index (χ4n) is 4.63. The highest BCUT2D eigenvalue weighted by molar-refractivity contribution is 7.80. The van der Waals surface area contributed by atoms with Crippen LogP contribution >= 0.6 is 12.2 Å². The number of aromatic nitrogens is 1. The summed E-state index contributed by atoms with van der Waals surface area (Å²) in [5.41, 5.74) is 4.64.